The number of carbonyl (C=O) groups is 2. The second kappa shape index (κ2) is 11.5. The van der Waals surface area contributed by atoms with E-state index in [1.54, 1.807) is 35.7 Å². The molecule has 0 radical (unpaired) electrons. The number of thiophene rings is 1. The number of hydrogen-bond acceptors (Lipinski definition) is 6. The Morgan fingerprint density at radius 2 is 1.78 bits per heavy atom. The van der Waals surface area contributed by atoms with Crippen LogP contribution in [-0.4, -0.2) is 61.8 Å². The van der Waals surface area contributed by atoms with Gasteiger partial charge in [-0.2, -0.15) is 4.31 Å². The van der Waals surface area contributed by atoms with Crippen molar-refractivity contribution < 1.29 is 22.7 Å². The smallest absolute Gasteiger partial charge is 0.321 e. The van der Waals surface area contributed by atoms with Gasteiger partial charge in [-0.05, 0) is 48.2 Å². The standard InChI is InChI=1S/C25H28N4O5S2/c1-2-34-21-12-10-20(11-13-21)27-25(31)28-14-15-29(36(32,33)23-9-6-16-35-23)22(18-28)24(30)26-17-19-7-4-3-5-8-19/h3-13,16,22H,2,14-15,17-18H2,1H3,(H,26,30)(H,27,31). The second-order valence-electron chi connectivity index (χ2n) is 8.10. The summed E-state index contributed by atoms with van der Waals surface area (Å²) in [5.41, 5.74) is 1.46. The van der Waals surface area contributed by atoms with Gasteiger partial charge in [0.15, 0.2) is 0 Å². The van der Waals surface area contributed by atoms with Crippen molar-refractivity contribution in [3.05, 3.63) is 77.7 Å². The molecule has 36 heavy (non-hydrogen) atoms. The number of anilines is 1. The summed E-state index contributed by atoms with van der Waals surface area (Å²) in [4.78, 5) is 27.7. The van der Waals surface area contributed by atoms with E-state index in [9.17, 15) is 18.0 Å². The lowest BCUT2D eigenvalue weighted by Crippen LogP contribution is -2.61. The highest BCUT2D eigenvalue weighted by molar-refractivity contribution is 7.91. The summed E-state index contributed by atoms with van der Waals surface area (Å²) < 4.78 is 33.4. The zero-order valence-corrected chi connectivity index (χ0v) is 21.4. The third kappa shape index (κ3) is 6.04. The summed E-state index contributed by atoms with van der Waals surface area (Å²) in [6.07, 6.45) is 0. The lowest BCUT2D eigenvalue weighted by molar-refractivity contribution is -0.126. The minimum atomic E-state index is -3.90. The van der Waals surface area contributed by atoms with E-state index in [0.29, 0.717) is 18.0 Å². The van der Waals surface area contributed by atoms with Crippen molar-refractivity contribution in [3.63, 3.8) is 0 Å². The number of piperazine rings is 1. The van der Waals surface area contributed by atoms with E-state index in [1.165, 1.54) is 15.3 Å². The van der Waals surface area contributed by atoms with Crippen LogP contribution in [-0.2, 0) is 21.4 Å². The molecule has 1 atom stereocenters. The number of benzene rings is 2. The Hall–Kier alpha value is -3.41. The Morgan fingerprint density at radius 3 is 2.44 bits per heavy atom. The van der Waals surface area contributed by atoms with Gasteiger partial charge in [0, 0.05) is 31.9 Å². The number of ether oxygens (including phenoxy) is 1. The highest BCUT2D eigenvalue weighted by Gasteiger charge is 2.41. The molecule has 0 bridgehead atoms. The van der Waals surface area contributed by atoms with Crippen molar-refractivity contribution in [2.75, 3.05) is 31.6 Å². The van der Waals surface area contributed by atoms with E-state index in [-0.39, 0.29) is 30.4 Å². The van der Waals surface area contributed by atoms with Crippen LogP contribution >= 0.6 is 11.3 Å². The summed E-state index contributed by atoms with van der Waals surface area (Å²) in [5, 5.41) is 7.32. The van der Waals surface area contributed by atoms with Gasteiger partial charge >= 0.3 is 6.03 Å². The maximum Gasteiger partial charge on any atom is 0.321 e. The molecule has 2 heterocycles. The van der Waals surface area contributed by atoms with Crippen molar-refractivity contribution in [1.82, 2.24) is 14.5 Å². The fourth-order valence-electron chi connectivity index (χ4n) is 3.88. The summed E-state index contributed by atoms with van der Waals surface area (Å²) in [7, 11) is -3.90. The molecular weight excluding hydrogens is 500 g/mol. The molecule has 1 fully saturated rings. The van der Waals surface area contributed by atoms with Crippen LogP contribution in [0.5, 0.6) is 5.75 Å². The predicted octanol–water partition coefficient (Wildman–Crippen LogP) is 3.37. The maximum absolute atomic E-state index is 13.3. The van der Waals surface area contributed by atoms with Gasteiger partial charge in [-0.25, -0.2) is 13.2 Å². The molecule has 2 N–H and O–H groups in total. The quantitative estimate of drug-likeness (QED) is 0.466. The first-order chi connectivity index (χ1) is 17.4. The number of nitrogens with one attached hydrogen (secondary N) is 2. The molecule has 2 aromatic carbocycles. The van der Waals surface area contributed by atoms with Crippen LogP contribution in [0.2, 0.25) is 0 Å². The molecule has 0 aliphatic carbocycles. The van der Waals surface area contributed by atoms with Gasteiger partial charge in [-0.3, -0.25) is 4.79 Å². The van der Waals surface area contributed by atoms with Crippen LogP contribution in [0.25, 0.3) is 0 Å². The Bertz CT molecular complexity index is 1270. The van der Waals surface area contributed by atoms with E-state index in [1.807, 2.05) is 37.3 Å². The minimum Gasteiger partial charge on any atom is -0.494 e. The predicted molar refractivity (Wildman–Crippen MR) is 138 cm³/mol. The summed E-state index contributed by atoms with van der Waals surface area (Å²) in [6.45, 7) is 2.75. The van der Waals surface area contributed by atoms with Crippen LogP contribution in [0, 0.1) is 0 Å². The number of amides is 3. The Kier molecular flexibility index (Phi) is 8.24. The zero-order valence-electron chi connectivity index (χ0n) is 19.8. The van der Waals surface area contributed by atoms with E-state index >= 15 is 0 Å². The summed E-state index contributed by atoms with van der Waals surface area (Å²) in [5.74, 6) is 0.232. The third-order valence-corrected chi connectivity index (χ3v) is 8.99. The Labute approximate surface area is 214 Å². The van der Waals surface area contributed by atoms with Crippen molar-refractivity contribution in [2.24, 2.45) is 0 Å². The van der Waals surface area contributed by atoms with Crippen LogP contribution in [0.4, 0.5) is 10.5 Å². The molecule has 1 aliphatic heterocycles. The molecule has 1 aliphatic rings. The number of rotatable bonds is 8. The van der Waals surface area contributed by atoms with Gasteiger partial charge < -0.3 is 20.3 Å². The van der Waals surface area contributed by atoms with Gasteiger partial charge in [0.05, 0.1) is 6.61 Å². The molecular formula is C25H28N4O5S2. The van der Waals surface area contributed by atoms with E-state index in [0.717, 1.165) is 16.9 Å². The van der Waals surface area contributed by atoms with Gasteiger partial charge in [-0.1, -0.05) is 36.4 Å². The minimum absolute atomic E-state index is 0.000352. The molecule has 1 saturated heterocycles. The van der Waals surface area contributed by atoms with E-state index < -0.39 is 28.0 Å². The van der Waals surface area contributed by atoms with Crippen molar-refractivity contribution >= 4 is 39.0 Å². The molecule has 1 aromatic heterocycles. The fraction of sp³-hybridized carbons (Fsp3) is 0.280. The molecule has 0 saturated carbocycles. The maximum atomic E-state index is 13.3. The zero-order chi connectivity index (χ0) is 25.5. The average molecular weight is 529 g/mol. The number of urea groups is 1. The van der Waals surface area contributed by atoms with E-state index in [4.69, 9.17) is 4.74 Å². The number of nitrogens with zero attached hydrogens (tertiary/aromatic N) is 2. The van der Waals surface area contributed by atoms with Gasteiger partial charge in [0.25, 0.3) is 10.0 Å². The average Bonchev–Trinajstić information content (AvgIpc) is 3.45. The first-order valence-electron chi connectivity index (χ1n) is 11.5. The lowest BCUT2D eigenvalue weighted by Gasteiger charge is -2.39. The first-order valence-corrected chi connectivity index (χ1v) is 13.9. The normalized spacial score (nSPS) is 16.4. The molecule has 190 valence electrons. The monoisotopic (exact) mass is 528 g/mol. The van der Waals surface area contributed by atoms with Crippen LogP contribution in [0.15, 0.2) is 76.3 Å². The Balaban J connectivity index is 1.50. The SMILES string of the molecule is CCOc1ccc(NC(=O)N2CCN(S(=O)(=O)c3cccs3)C(C(=O)NCc3ccccc3)C2)cc1. The van der Waals surface area contributed by atoms with Crippen LogP contribution in [0.1, 0.15) is 12.5 Å². The van der Waals surface area contributed by atoms with Crippen molar-refractivity contribution in [2.45, 2.75) is 23.7 Å². The molecule has 9 nitrogen and oxygen atoms in total. The summed E-state index contributed by atoms with van der Waals surface area (Å²) in [6, 6.07) is 18.0. The van der Waals surface area contributed by atoms with Crippen LogP contribution < -0.4 is 15.4 Å². The summed E-state index contributed by atoms with van der Waals surface area (Å²) >= 11 is 1.10. The third-order valence-electron chi connectivity index (χ3n) is 5.71. The van der Waals surface area contributed by atoms with Gasteiger partial charge in [0.1, 0.15) is 16.0 Å². The molecule has 3 aromatic rings. The first kappa shape index (κ1) is 25.7. The largest absolute Gasteiger partial charge is 0.494 e. The van der Waals surface area contributed by atoms with Crippen molar-refractivity contribution in [3.8, 4) is 5.75 Å². The van der Waals surface area contributed by atoms with Gasteiger partial charge in [0.2, 0.25) is 5.91 Å². The molecule has 3 amide bonds. The number of sulfonamides is 1. The molecule has 1 unspecified atom stereocenters. The second-order valence-corrected chi connectivity index (χ2v) is 11.2. The molecule has 4 rings (SSSR count). The highest BCUT2D eigenvalue weighted by Crippen LogP contribution is 2.26. The number of carbonyl (C=O) groups excluding carboxylic acids is 2. The number of hydrogen-bond donors (Lipinski definition) is 2. The van der Waals surface area contributed by atoms with Gasteiger partial charge in [-0.15, -0.1) is 11.3 Å². The highest BCUT2D eigenvalue weighted by atomic mass is 32.2. The van der Waals surface area contributed by atoms with E-state index in [2.05, 4.69) is 10.6 Å². The molecule has 0 spiro atoms. The van der Waals surface area contributed by atoms with Crippen molar-refractivity contribution in [1.29, 1.82) is 0 Å². The van der Waals surface area contributed by atoms with Crippen LogP contribution in [0.3, 0.4) is 0 Å². The lowest BCUT2D eigenvalue weighted by atomic mass is 10.2. The Morgan fingerprint density at radius 1 is 1.03 bits per heavy atom. The molecule has 11 heteroatoms. The fourth-order valence-corrected chi connectivity index (χ4v) is 6.57. The topological polar surface area (TPSA) is 108 Å².